The largest absolute Gasteiger partial charge is 0.331 e. The molecule has 1 aliphatic carbocycles. The quantitative estimate of drug-likeness (QED) is 0.836. The number of amides is 3. The Kier molecular flexibility index (Phi) is 4.80. The molecule has 2 rings (SSSR count). The summed E-state index contributed by atoms with van der Waals surface area (Å²) in [5, 5.41) is 5.14. The van der Waals surface area contributed by atoms with Crippen molar-refractivity contribution in [3.8, 4) is 0 Å². The lowest BCUT2D eigenvalue weighted by Crippen LogP contribution is -2.42. The molecule has 0 bridgehead atoms. The number of aryl methyl sites for hydroxylation is 1. The fraction of sp³-hybridized carbons (Fsp3) is 0.429. The van der Waals surface area contributed by atoms with Gasteiger partial charge in [-0.05, 0) is 30.4 Å². The van der Waals surface area contributed by atoms with Gasteiger partial charge < -0.3 is 5.32 Å². The first-order chi connectivity index (χ1) is 9.20. The molecule has 5 heteroatoms. The molecule has 0 radical (unpaired) electrons. The molecule has 0 heterocycles. The van der Waals surface area contributed by atoms with E-state index in [-0.39, 0.29) is 24.2 Å². The second kappa shape index (κ2) is 6.57. The van der Waals surface area contributed by atoms with Crippen molar-refractivity contribution in [1.82, 2.24) is 10.6 Å². The molecule has 0 aromatic heterocycles. The van der Waals surface area contributed by atoms with Crippen LogP contribution in [-0.2, 0) is 11.2 Å². The van der Waals surface area contributed by atoms with Gasteiger partial charge in [-0.2, -0.15) is 0 Å². The van der Waals surface area contributed by atoms with Gasteiger partial charge in [-0.1, -0.05) is 24.3 Å². The van der Waals surface area contributed by atoms with Crippen molar-refractivity contribution in [2.45, 2.75) is 31.7 Å². The van der Waals surface area contributed by atoms with Crippen LogP contribution in [0.25, 0.3) is 0 Å². The van der Waals surface area contributed by atoms with Crippen LogP contribution >= 0.6 is 11.6 Å². The third-order valence-electron chi connectivity index (χ3n) is 3.25. The van der Waals surface area contributed by atoms with Crippen LogP contribution in [0.2, 0.25) is 0 Å². The summed E-state index contributed by atoms with van der Waals surface area (Å²) in [7, 11) is 0. The number of benzene rings is 1. The molecule has 0 spiro atoms. The van der Waals surface area contributed by atoms with E-state index in [2.05, 4.69) is 16.7 Å². The lowest BCUT2D eigenvalue weighted by molar-refractivity contribution is -0.119. The minimum atomic E-state index is -0.447. The Morgan fingerprint density at radius 2 is 2.11 bits per heavy atom. The van der Waals surface area contributed by atoms with E-state index >= 15 is 0 Å². The Morgan fingerprint density at radius 3 is 2.89 bits per heavy atom. The molecule has 1 atom stereocenters. The van der Waals surface area contributed by atoms with Crippen molar-refractivity contribution in [2.24, 2.45) is 0 Å². The lowest BCUT2D eigenvalue weighted by atomic mass is 9.88. The fourth-order valence-electron chi connectivity index (χ4n) is 2.37. The summed E-state index contributed by atoms with van der Waals surface area (Å²) in [6, 6.07) is 7.62. The number of carbonyl (C=O) groups excluding carboxylic acids is 2. The average Bonchev–Trinajstić information content (AvgIpc) is 2.39. The Bertz CT molecular complexity index is 476. The van der Waals surface area contributed by atoms with Crippen LogP contribution in [0.1, 0.15) is 36.4 Å². The van der Waals surface area contributed by atoms with Gasteiger partial charge in [-0.15, -0.1) is 11.6 Å². The van der Waals surface area contributed by atoms with Crippen LogP contribution in [0.3, 0.4) is 0 Å². The fourth-order valence-corrected chi connectivity index (χ4v) is 2.54. The summed E-state index contributed by atoms with van der Waals surface area (Å²) in [5.74, 6) is -0.137. The van der Waals surface area contributed by atoms with E-state index in [4.69, 9.17) is 11.6 Å². The SMILES string of the molecule is O=C(CCCl)NC(=O)NC1CCCc2ccccc21. The van der Waals surface area contributed by atoms with Crippen LogP contribution in [0.5, 0.6) is 0 Å². The molecule has 0 aliphatic heterocycles. The normalized spacial score (nSPS) is 17.4. The highest BCUT2D eigenvalue weighted by Gasteiger charge is 2.21. The summed E-state index contributed by atoms with van der Waals surface area (Å²) in [6.07, 6.45) is 3.13. The third kappa shape index (κ3) is 3.70. The molecule has 1 aliphatic rings. The topological polar surface area (TPSA) is 58.2 Å². The number of imide groups is 1. The molecule has 1 aromatic carbocycles. The molecule has 0 saturated carbocycles. The summed E-state index contributed by atoms with van der Waals surface area (Å²) < 4.78 is 0. The lowest BCUT2D eigenvalue weighted by Gasteiger charge is -2.26. The maximum atomic E-state index is 11.7. The maximum Gasteiger partial charge on any atom is 0.321 e. The monoisotopic (exact) mass is 280 g/mol. The van der Waals surface area contributed by atoms with Crippen LogP contribution in [0, 0.1) is 0 Å². The summed E-state index contributed by atoms with van der Waals surface area (Å²) in [6.45, 7) is 0. The Morgan fingerprint density at radius 1 is 1.32 bits per heavy atom. The average molecular weight is 281 g/mol. The summed E-state index contributed by atoms with van der Waals surface area (Å²) >= 11 is 5.45. The van der Waals surface area contributed by atoms with Crippen LogP contribution in [0.15, 0.2) is 24.3 Å². The molecule has 19 heavy (non-hydrogen) atoms. The summed E-state index contributed by atoms with van der Waals surface area (Å²) in [4.78, 5) is 23.0. The smallest absolute Gasteiger partial charge is 0.321 e. The number of nitrogens with one attached hydrogen (secondary N) is 2. The van der Waals surface area contributed by atoms with Gasteiger partial charge in [0.05, 0.1) is 6.04 Å². The zero-order valence-electron chi connectivity index (χ0n) is 10.6. The highest BCUT2D eigenvalue weighted by Crippen LogP contribution is 2.29. The van der Waals surface area contributed by atoms with Crippen LogP contribution in [-0.4, -0.2) is 17.8 Å². The highest BCUT2D eigenvalue weighted by molar-refractivity contribution is 6.19. The van der Waals surface area contributed by atoms with Crippen molar-refractivity contribution in [2.75, 3.05) is 5.88 Å². The van der Waals surface area contributed by atoms with Crippen LogP contribution in [0.4, 0.5) is 4.79 Å². The second-order valence-electron chi connectivity index (χ2n) is 4.60. The highest BCUT2D eigenvalue weighted by atomic mass is 35.5. The number of hydrogen-bond donors (Lipinski definition) is 2. The first kappa shape index (κ1) is 13.9. The Balaban J connectivity index is 1.97. The zero-order chi connectivity index (χ0) is 13.7. The van der Waals surface area contributed by atoms with Crippen LogP contribution < -0.4 is 10.6 Å². The van der Waals surface area contributed by atoms with Crippen molar-refractivity contribution in [3.05, 3.63) is 35.4 Å². The minimum Gasteiger partial charge on any atom is -0.331 e. The standard InChI is InChI=1S/C14H17ClN2O2/c15-9-8-13(18)17-14(19)16-12-7-3-5-10-4-1-2-6-11(10)12/h1-2,4,6,12H,3,5,7-9H2,(H2,16,17,18,19). The van der Waals surface area contributed by atoms with E-state index in [9.17, 15) is 9.59 Å². The molecule has 1 unspecified atom stereocenters. The van der Waals surface area contributed by atoms with E-state index in [1.807, 2.05) is 18.2 Å². The molecule has 0 saturated heterocycles. The number of hydrogen-bond acceptors (Lipinski definition) is 2. The molecule has 3 amide bonds. The van der Waals surface area contributed by atoms with E-state index in [1.54, 1.807) is 0 Å². The molecular formula is C14H17ClN2O2. The van der Waals surface area contributed by atoms with Gasteiger partial charge in [0.2, 0.25) is 5.91 Å². The first-order valence-electron chi connectivity index (χ1n) is 6.45. The maximum absolute atomic E-state index is 11.7. The van der Waals surface area contributed by atoms with Gasteiger partial charge in [0.15, 0.2) is 0 Å². The van der Waals surface area contributed by atoms with Gasteiger partial charge in [0.1, 0.15) is 0 Å². The predicted octanol–water partition coefficient (Wildman–Crippen LogP) is 2.52. The number of halogens is 1. The number of carbonyl (C=O) groups is 2. The first-order valence-corrected chi connectivity index (χ1v) is 6.98. The van der Waals surface area contributed by atoms with Gasteiger partial charge in [0, 0.05) is 12.3 Å². The third-order valence-corrected chi connectivity index (χ3v) is 3.44. The zero-order valence-corrected chi connectivity index (χ0v) is 11.4. The number of alkyl halides is 1. The van der Waals surface area contributed by atoms with Gasteiger partial charge in [-0.25, -0.2) is 4.79 Å². The molecular weight excluding hydrogens is 264 g/mol. The van der Waals surface area contributed by atoms with Crippen molar-refractivity contribution < 1.29 is 9.59 Å². The molecule has 2 N–H and O–H groups in total. The summed E-state index contributed by atoms with van der Waals surface area (Å²) in [5.41, 5.74) is 2.42. The van der Waals surface area contributed by atoms with Crippen molar-refractivity contribution >= 4 is 23.5 Å². The number of fused-ring (bicyclic) bond motifs is 1. The second-order valence-corrected chi connectivity index (χ2v) is 4.98. The van der Waals surface area contributed by atoms with Gasteiger partial charge >= 0.3 is 6.03 Å². The van der Waals surface area contributed by atoms with Crippen molar-refractivity contribution in [1.29, 1.82) is 0 Å². The van der Waals surface area contributed by atoms with Gasteiger partial charge in [-0.3, -0.25) is 10.1 Å². The van der Waals surface area contributed by atoms with E-state index in [0.717, 1.165) is 24.8 Å². The van der Waals surface area contributed by atoms with E-state index < -0.39 is 6.03 Å². The Labute approximate surface area is 117 Å². The molecule has 102 valence electrons. The van der Waals surface area contributed by atoms with E-state index in [1.165, 1.54) is 5.56 Å². The Hall–Kier alpha value is -1.55. The number of urea groups is 1. The van der Waals surface area contributed by atoms with Gasteiger partial charge in [0.25, 0.3) is 0 Å². The predicted molar refractivity (Wildman–Crippen MR) is 74.1 cm³/mol. The van der Waals surface area contributed by atoms with Crippen molar-refractivity contribution in [3.63, 3.8) is 0 Å². The minimum absolute atomic E-state index is 0.0197. The molecule has 4 nitrogen and oxygen atoms in total. The van der Waals surface area contributed by atoms with E-state index in [0.29, 0.717) is 0 Å². The molecule has 0 fully saturated rings. The molecule has 1 aromatic rings. The number of rotatable bonds is 3.